The minimum atomic E-state index is -0.154. The van der Waals surface area contributed by atoms with Crippen LogP contribution in [-0.2, 0) is 4.79 Å². The highest BCUT2D eigenvalue weighted by atomic mass is 32.1. The highest BCUT2D eigenvalue weighted by molar-refractivity contribution is 7.14. The predicted octanol–water partition coefficient (Wildman–Crippen LogP) is 2.70. The first-order chi connectivity index (χ1) is 8.95. The molecule has 0 radical (unpaired) electrons. The molecule has 6 heteroatoms. The van der Waals surface area contributed by atoms with Gasteiger partial charge in [-0.2, -0.15) is 0 Å². The van der Waals surface area contributed by atoms with Gasteiger partial charge in [-0.1, -0.05) is 0 Å². The predicted molar refractivity (Wildman–Crippen MR) is 76.2 cm³/mol. The molecule has 0 bridgehead atoms. The summed E-state index contributed by atoms with van der Waals surface area (Å²) in [6.07, 6.45) is 0.290. The van der Waals surface area contributed by atoms with Crippen molar-refractivity contribution in [3.8, 4) is 11.3 Å². The summed E-state index contributed by atoms with van der Waals surface area (Å²) in [6.45, 7) is 5.59. The van der Waals surface area contributed by atoms with E-state index in [1.165, 1.54) is 11.3 Å². The van der Waals surface area contributed by atoms with E-state index in [0.717, 1.165) is 22.8 Å². The second-order valence-electron chi connectivity index (χ2n) is 4.59. The van der Waals surface area contributed by atoms with Crippen LogP contribution in [0, 0.1) is 13.8 Å². The summed E-state index contributed by atoms with van der Waals surface area (Å²) in [5.74, 6) is 1.57. The van der Waals surface area contributed by atoms with Crippen molar-refractivity contribution in [2.75, 3.05) is 5.32 Å². The van der Waals surface area contributed by atoms with Crippen LogP contribution < -0.4 is 11.1 Å². The number of nitrogens with zero attached hydrogens (tertiary/aromatic N) is 1. The standard InChI is InChI=1S/C13H17N3O2S/c1-7(14)4-12(17)16-13-15-11(6-19-13)10-5-8(2)18-9(10)3/h5-7H,4,14H2,1-3H3,(H,15,16,17). The molecule has 3 N–H and O–H groups in total. The highest BCUT2D eigenvalue weighted by Gasteiger charge is 2.13. The summed E-state index contributed by atoms with van der Waals surface area (Å²) in [7, 11) is 0. The molecule has 2 aromatic rings. The number of hydrogen-bond donors (Lipinski definition) is 2. The van der Waals surface area contributed by atoms with Gasteiger partial charge in [0.15, 0.2) is 5.13 Å². The zero-order chi connectivity index (χ0) is 14.0. The van der Waals surface area contributed by atoms with Crippen LogP contribution in [0.2, 0.25) is 0 Å². The Bertz CT molecular complexity index is 586. The van der Waals surface area contributed by atoms with Crippen molar-refractivity contribution in [2.24, 2.45) is 5.73 Å². The highest BCUT2D eigenvalue weighted by Crippen LogP contribution is 2.29. The number of aryl methyl sites for hydroxylation is 2. The van der Waals surface area contributed by atoms with Crippen LogP contribution in [0.25, 0.3) is 11.3 Å². The molecule has 1 amide bonds. The van der Waals surface area contributed by atoms with Crippen LogP contribution in [0.4, 0.5) is 5.13 Å². The van der Waals surface area contributed by atoms with Gasteiger partial charge in [-0.05, 0) is 26.8 Å². The van der Waals surface area contributed by atoms with Gasteiger partial charge in [0, 0.05) is 23.4 Å². The number of aromatic nitrogens is 1. The van der Waals surface area contributed by atoms with Crippen molar-refractivity contribution in [3.05, 3.63) is 23.0 Å². The number of amides is 1. The maximum atomic E-state index is 11.6. The number of carbonyl (C=O) groups excluding carboxylic acids is 1. The van der Waals surface area contributed by atoms with Crippen molar-refractivity contribution in [1.82, 2.24) is 4.98 Å². The van der Waals surface area contributed by atoms with Crippen LogP contribution in [0.3, 0.4) is 0 Å². The van der Waals surface area contributed by atoms with Crippen molar-refractivity contribution in [2.45, 2.75) is 33.2 Å². The van der Waals surface area contributed by atoms with E-state index in [1.807, 2.05) is 25.3 Å². The molecule has 2 aromatic heterocycles. The van der Waals surface area contributed by atoms with E-state index in [9.17, 15) is 4.79 Å². The number of nitrogens with two attached hydrogens (primary N) is 1. The SMILES string of the molecule is Cc1cc(-c2csc(NC(=O)CC(C)N)n2)c(C)o1. The molecule has 0 aliphatic carbocycles. The second-order valence-corrected chi connectivity index (χ2v) is 5.45. The van der Waals surface area contributed by atoms with Crippen LogP contribution in [0.5, 0.6) is 0 Å². The van der Waals surface area contributed by atoms with E-state index in [1.54, 1.807) is 6.92 Å². The van der Waals surface area contributed by atoms with Gasteiger partial charge in [-0.25, -0.2) is 4.98 Å². The third kappa shape index (κ3) is 3.42. The van der Waals surface area contributed by atoms with Gasteiger partial charge in [0.05, 0.1) is 5.69 Å². The molecule has 2 heterocycles. The molecule has 0 spiro atoms. The lowest BCUT2D eigenvalue weighted by molar-refractivity contribution is -0.116. The largest absolute Gasteiger partial charge is 0.466 e. The average Bonchev–Trinajstić information content (AvgIpc) is 2.84. The fraction of sp³-hybridized carbons (Fsp3) is 0.385. The minimum absolute atomic E-state index is 0.115. The molecule has 19 heavy (non-hydrogen) atoms. The fourth-order valence-corrected chi connectivity index (χ4v) is 2.53. The maximum Gasteiger partial charge on any atom is 0.227 e. The summed E-state index contributed by atoms with van der Waals surface area (Å²) >= 11 is 1.39. The Morgan fingerprint density at radius 3 is 2.89 bits per heavy atom. The van der Waals surface area contributed by atoms with Gasteiger partial charge in [0.2, 0.25) is 5.91 Å². The summed E-state index contributed by atoms with van der Waals surface area (Å²) in [5, 5.41) is 5.23. The first-order valence-corrected chi connectivity index (χ1v) is 6.92. The lowest BCUT2D eigenvalue weighted by Crippen LogP contribution is -2.23. The number of thiazole rings is 1. The number of anilines is 1. The first-order valence-electron chi connectivity index (χ1n) is 6.04. The zero-order valence-corrected chi connectivity index (χ0v) is 12.0. The fourth-order valence-electron chi connectivity index (χ4n) is 1.80. The number of hydrogen-bond acceptors (Lipinski definition) is 5. The lowest BCUT2D eigenvalue weighted by atomic mass is 10.2. The number of furan rings is 1. The number of carbonyl (C=O) groups is 1. The Labute approximate surface area is 115 Å². The van der Waals surface area contributed by atoms with Crippen molar-refractivity contribution >= 4 is 22.4 Å². The molecule has 102 valence electrons. The van der Waals surface area contributed by atoms with E-state index in [2.05, 4.69) is 10.3 Å². The molecule has 0 aliphatic rings. The van der Waals surface area contributed by atoms with E-state index in [-0.39, 0.29) is 11.9 Å². The summed E-state index contributed by atoms with van der Waals surface area (Å²) in [4.78, 5) is 16.0. The van der Waals surface area contributed by atoms with Crippen molar-refractivity contribution in [3.63, 3.8) is 0 Å². The molecular weight excluding hydrogens is 262 g/mol. The van der Waals surface area contributed by atoms with Crippen molar-refractivity contribution < 1.29 is 9.21 Å². The molecule has 0 aliphatic heterocycles. The molecule has 0 saturated carbocycles. The molecule has 0 saturated heterocycles. The van der Waals surface area contributed by atoms with E-state index in [0.29, 0.717) is 11.6 Å². The lowest BCUT2D eigenvalue weighted by Gasteiger charge is -2.03. The van der Waals surface area contributed by atoms with E-state index in [4.69, 9.17) is 10.2 Å². The Morgan fingerprint density at radius 1 is 1.58 bits per heavy atom. The van der Waals surface area contributed by atoms with Crippen LogP contribution >= 0.6 is 11.3 Å². The topological polar surface area (TPSA) is 81.2 Å². The average molecular weight is 279 g/mol. The molecule has 0 fully saturated rings. The number of nitrogens with one attached hydrogen (secondary N) is 1. The molecule has 1 atom stereocenters. The summed E-state index contributed by atoms with van der Waals surface area (Å²) in [5.41, 5.74) is 7.35. The Kier molecular flexibility index (Phi) is 4.01. The molecule has 5 nitrogen and oxygen atoms in total. The van der Waals surface area contributed by atoms with E-state index >= 15 is 0 Å². The summed E-state index contributed by atoms with van der Waals surface area (Å²) < 4.78 is 5.47. The molecule has 0 aromatic carbocycles. The van der Waals surface area contributed by atoms with Gasteiger partial charge in [-0.3, -0.25) is 4.79 Å². The quantitative estimate of drug-likeness (QED) is 0.901. The molecule has 1 unspecified atom stereocenters. The first kappa shape index (κ1) is 13.8. The number of rotatable bonds is 4. The van der Waals surface area contributed by atoms with Crippen LogP contribution in [0.15, 0.2) is 15.9 Å². The Hall–Kier alpha value is -1.66. The third-order valence-corrected chi connectivity index (χ3v) is 3.33. The van der Waals surface area contributed by atoms with Crippen LogP contribution in [-0.4, -0.2) is 16.9 Å². The minimum Gasteiger partial charge on any atom is -0.466 e. The second kappa shape index (κ2) is 5.54. The normalized spacial score (nSPS) is 12.4. The third-order valence-electron chi connectivity index (χ3n) is 2.57. The molecular formula is C13H17N3O2S. The summed E-state index contributed by atoms with van der Waals surface area (Å²) in [6, 6.07) is 1.79. The monoisotopic (exact) mass is 279 g/mol. The maximum absolute atomic E-state index is 11.6. The van der Waals surface area contributed by atoms with Crippen LogP contribution in [0.1, 0.15) is 24.9 Å². The van der Waals surface area contributed by atoms with Gasteiger partial charge < -0.3 is 15.5 Å². The van der Waals surface area contributed by atoms with Crippen molar-refractivity contribution in [1.29, 1.82) is 0 Å². The van der Waals surface area contributed by atoms with E-state index < -0.39 is 0 Å². The Morgan fingerprint density at radius 2 is 2.32 bits per heavy atom. The molecule has 2 rings (SSSR count). The Balaban J connectivity index is 2.11. The van der Waals surface area contributed by atoms with Gasteiger partial charge >= 0.3 is 0 Å². The zero-order valence-electron chi connectivity index (χ0n) is 11.2. The van der Waals surface area contributed by atoms with Gasteiger partial charge in [0.25, 0.3) is 0 Å². The van der Waals surface area contributed by atoms with Gasteiger partial charge in [-0.15, -0.1) is 11.3 Å². The smallest absolute Gasteiger partial charge is 0.227 e. The van der Waals surface area contributed by atoms with Gasteiger partial charge in [0.1, 0.15) is 11.5 Å².